The van der Waals surface area contributed by atoms with Gasteiger partial charge in [0.05, 0.1) is 23.1 Å². The van der Waals surface area contributed by atoms with Gasteiger partial charge in [-0.05, 0) is 100 Å². The van der Waals surface area contributed by atoms with Crippen molar-refractivity contribution in [3.63, 3.8) is 0 Å². The number of fused-ring (bicyclic) bond motifs is 4. The molecule has 4 N–H and O–H groups in total. The van der Waals surface area contributed by atoms with E-state index in [-0.39, 0.29) is 35.3 Å². The van der Waals surface area contributed by atoms with Gasteiger partial charge in [0, 0.05) is 48.3 Å². The maximum Gasteiger partial charge on any atom is 0.419 e. The number of nitrogens with zero attached hydrogens (tertiary/aromatic N) is 2. The molecule has 1 aliphatic heterocycles. The number of H-pyrrole nitrogens is 1. The lowest BCUT2D eigenvalue weighted by Crippen LogP contribution is -2.40. The van der Waals surface area contributed by atoms with Crippen LogP contribution in [0.4, 0.5) is 0 Å². The molecular weight excluding hydrogens is 713 g/mol. The molecule has 1 aliphatic carbocycles. The third kappa shape index (κ3) is 7.23. The molecule has 3 heterocycles. The van der Waals surface area contributed by atoms with Crippen LogP contribution in [-0.2, 0) is 28.2 Å². The van der Waals surface area contributed by atoms with Crippen LogP contribution < -0.4 is 21.4 Å². The minimum absolute atomic E-state index is 0.0612. The Morgan fingerprint density at radius 3 is 2.43 bits per heavy atom. The second-order valence-electron chi connectivity index (χ2n) is 15.1. The smallest absolute Gasteiger partial charge is 0.419 e. The fourth-order valence-corrected chi connectivity index (χ4v) is 8.42. The quantitative estimate of drug-likeness (QED) is 0.102. The topological polar surface area (TPSA) is 159 Å². The standard InChI is InChI=1S/C44H46N4O8/c1-44(32-8-3-5-10-37(32)54-38-11-6-4-9-33(38)44)56-42(52)28-13-15-29(16-14-28)47(2)22-7-23-48-34-19-12-27(24-39(34)55-43(48)53)25-45-26-36(50)30-17-20-35(49)41-31(30)18-21-40(51)46-41/h3-6,8-12,17-21,24,28-29,36,45,49-50H,7,13-16,22-23,25-26H2,1-2H3,(H,46,51)/t28?,29?,36-/m0/s1. The predicted molar refractivity (Wildman–Crippen MR) is 212 cm³/mol. The lowest BCUT2D eigenvalue weighted by atomic mass is 9.83. The van der Waals surface area contributed by atoms with Gasteiger partial charge < -0.3 is 39.3 Å². The Morgan fingerprint density at radius 2 is 1.70 bits per heavy atom. The van der Waals surface area contributed by atoms with E-state index in [9.17, 15) is 24.6 Å². The van der Waals surface area contributed by atoms with Crippen LogP contribution >= 0.6 is 0 Å². The number of pyridine rings is 1. The number of esters is 1. The van der Waals surface area contributed by atoms with E-state index in [1.165, 1.54) is 12.1 Å². The molecule has 2 aromatic heterocycles. The highest BCUT2D eigenvalue weighted by Gasteiger charge is 2.43. The van der Waals surface area contributed by atoms with Crippen LogP contribution in [0.25, 0.3) is 22.0 Å². The van der Waals surface area contributed by atoms with E-state index < -0.39 is 17.5 Å². The van der Waals surface area contributed by atoms with Crippen LogP contribution in [0, 0.1) is 5.92 Å². The first kappa shape index (κ1) is 37.2. The van der Waals surface area contributed by atoms with Gasteiger partial charge in [-0.2, -0.15) is 0 Å². The number of carbonyl (C=O) groups excluding carboxylic acids is 1. The number of rotatable bonds is 12. The second kappa shape index (κ2) is 15.4. The molecule has 0 unspecified atom stereocenters. The molecule has 8 rings (SSSR count). The number of benzene rings is 4. The number of oxazole rings is 1. The van der Waals surface area contributed by atoms with Gasteiger partial charge in [-0.15, -0.1) is 0 Å². The van der Waals surface area contributed by atoms with Gasteiger partial charge in [0.2, 0.25) is 5.56 Å². The summed E-state index contributed by atoms with van der Waals surface area (Å²) in [5.41, 5.74) is 3.40. The molecule has 0 amide bonds. The normalized spacial score (nSPS) is 18.0. The summed E-state index contributed by atoms with van der Waals surface area (Å²) in [6, 6.07) is 27.5. The molecule has 0 radical (unpaired) electrons. The molecule has 2 aliphatic rings. The summed E-state index contributed by atoms with van der Waals surface area (Å²) in [5, 5.41) is 24.9. The Kier molecular flexibility index (Phi) is 10.3. The number of phenolic OH excluding ortho intramolecular Hbond substituents is 1. The zero-order chi connectivity index (χ0) is 39.0. The number of carbonyl (C=O) groups is 1. The van der Waals surface area contributed by atoms with Gasteiger partial charge in [-0.25, -0.2) is 4.79 Å². The summed E-state index contributed by atoms with van der Waals surface area (Å²) in [6.45, 7) is 3.91. The van der Waals surface area contributed by atoms with Gasteiger partial charge in [-0.1, -0.05) is 48.5 Å². The number of aliphatic hydroxyl groups excluding tert-OH is 1. The number of aryl methyl sites for hydroxylation is 1. The zero-order valence-electron chi connectivity index (χ0n) is 31.5. The Hall–Kier alpha value is -5.69. The predicted octanol–water partition coefficient (Wildman–Crippen LogP) is 6.46. The third-order valence-electron chi connectivity index (χ3n) is 11.5. The molecule has 4 aromatic carbocycles. The lowest BCUT2D eigenvalue weighted by Gasteiger charge is -2.39. The van der Waals surface area contributed by atoms with E-state index in [0.717, 1.165) is 60.9 Å². The molecule has 290 valence electrons. The van der Waals surface area contributed by atoms with Crippen molar-refractivity contribution in [2.45, 2.75) is 69.9 Å². The summed E-state index contributed by atoms with van der Waals surface area (Å²) in [7, 11) is 2.11. The van der Waals surface area contributed by atoms with Gasteiger partial charge in [0.25, 0.3) is 0 Å². The number of nitrogens with one attached hydrogen (secondary N) is 2. The molecule has 56 heavy (non-hydrogen) atoms. The summed E-state index contributed by atoms with van der Waals surface area (Å²) in [5.74, 6) is 0.591. The van der Waals surface area contributed by atoms with E-state index in [2.05, 4.69) is 22.2 Å². The van der Waals surface area contributed by atoms with E-state index in [1.807, 2.05) is 73.7 Å². The van der Waals surface area contributed by atoms with E-state index in [1.54, 1.807) is 16.7 Å². The molecule has 0 spiro atoms. The highest BCUT2D eigenvalue weighted by molar-refractivity contribution is 5.87. The van der Waals surface area contributed by atoms with Gasteiger partial charge in [0.1, 0.15) is 17.2 Å². The van der Waals surface area contributed by atoms with E-state index in [4.69, 9.17) is 13.9 Å². The van der Waals surface area contributed by atoms with Crippen LogP contribution in [0.5, 0.6) is 17.2 Å². The SMILES string of the molecule is CN(CCCn1c(=O)oc2cc(CNC[C@H](O)c3ccc(O)c4[nH]c(=O)ccc34)ccc21)C1CCC(C(=O)OC2(C)c3ccccc3Oc3ccccc32)CC1. The Bertz CT molecular complexity index is 2470. The Labute approximate surface area is 323 Å². The van der Waals surface area contributed by atoms with Crippen molar-refractivity contribution in [3.05, 3.63) is 134 Å². The maximum absolute atomic E-state index is 13.7. The average Bonchev–Trinajstić information content (AvgIpc) is 3.51. The molecule has 12 heteroatoms. The van der Waals surface area contributed by atoms with Crippen molar-refractivity contribution in [2.24, 2.45) is 5.92 Å². The van der Waals surface area contributed by atoms with Gasteiger partial charge in [-0.3, -0.25) is 14.2 Å². The van der Waals surface area contributed by atoms with Crippen LogP contribution in [0.3, 0.4) is 0 Å². The minimum Gasteiger partial charge on any atom is -0.506 e. The first-order valence-electron chi connectivity index (χ1n) is 19.2. The van der Waals surface area contributed by atoms with E-state index in [0.29, 0.717) is 47.2 Å². The fraction of sp³-hybridized carbons (Fsp3) is 0.341. The molecule has 12 nitrogen and oxygen atoms in total. The molecule has 1 atom stereocenters. The monoisotopic (exact) mass is 758 g/mol. The number of hydrogen-bond acceptors (Lipinski definition) is 10. The van der Waals surface area contributed by atoms with Gasteiger partial charge in [0.15, 0.2) is 11.2 Å². The zero-order valence-corrected chi connectivity index (χ0v) is 31.5. The number of aromatic nitrogens is 2. The molecule has 1 fully saturated rings. The van der Waals surface area contributed by atoms with Crippen LogP contribution in [0.1, 0.15) is 67.4 Å². The number of aliphatic hydroxyl groups is 1. The Morgan fingerprint density at radius 1 is 0.982 bits per heavy atom. The maximum atomic E-state index is 13.7. The largest absolute Gasteiger partial charge is 0.506 e. The number of ether oxygens (including phenoxy) is 2. The number of hydrogen-bond donors (Lipinski definition) is 4. The lowest BCUT2D eigenvalue weighted by molar-refractivity contribution is -0.162. The van der Waals surface area contributed by atoms with Crippen molar-refractivity contribution in [1.29, 1.82) is 0 Å². The van der Waals surface area contributed by atoms with E-state index >= 15 is 0 Å². The van der Waals surface area contributed by atoms with Crippen LogP contribution in [-0.4, -0.2) is 56.8 Å². The summed E-state index contributed by atoms with van der Waals surface area (Å²) in [4.78, 5) is 43.2. The highest BCUT2D eigenvalue weighted by Crippen LogP contribution is 2.49. The average molecular weight is 759 g/mol. The van der Waals surface area contributed by atoms with Crippen molar-refractivity contribution in [3.8, 4) is 17.2 Å². The van der Waals surface area contributed by atoms with Crippen molar-refractivity contribution in [1.82, 2.24) is 19.8 Å². The number of para-hydroxylation sites is 2. The number of phenols is 1. The molecule has 6 aromatic rings. The molecule has 1 saturated carbocycles. The van der Waals surface area contributed by atoms with Crippen molar-refractivity contribution >= 4 is 28.0 Å². The van der Waals surface area contributed by atoms with Crippen molar-refractivity contribution < 1.29 is 28.9 Å². The summed E-state index contributed by atoms with van der Waals surface area (Å²) in [6.07, 6.45) is 3.14. The first-order valence-corrected chi connectivity index (χ1v) is 19.2. The summed E-state index contributed by atoms with van der Waals surface area (Å²) < 4.78 is 19.8. The number of aromatic hydroxyl groups is 1. The molecule has 0 saturated heterocycles. The fourth-order valence-electron chi connectivity index (χ4n) is 8.42. The first-order chi connectivity index (χ1) is 27.1. The summed E-state index contributed by atoms with van der Waals surface area (Å²) >= 11 is 0. The van der Waals surface area contributed by atoms with Crippen LogP contribution in [0.2, 0.25) is 0 Å². The van der Waals surface area contributed by atoms with Gasteiger partial charge >= 0.3 is 11.7 Å². The van der Waals surface area contributed by atoms with Crippen LogP contribution in [0.15, 0.2) is 105 Å². The number of aromatic amines is 1. The van der Waals surface area contributed by atoms with Crippen molar-refractivity contribution in [2.75, 3.05) is 20.1 Å². The highest BCUT2D eigenvalue weighted by atomic mass is 16.6. The second-order valence-corrected chi connectivity index (χ2v) is 15.1. The molecular formula is C44H46N4O8. The third-order valence-corrected chi connectivity index (χ3v) is 11.5. The minimum atomic E-state index is -0.940. The molecule has 0 bridgehead atoms. The Balaban J connectivity index is 0.819.